The zero-order valence-corrected chi connectivity index (χ0v) is 10.2. The van der Waals surface area contributed by atoms with Crippen LogP contribution in [0.1, 0.15) is 34.1 Å². The lowest BCUT2D eigenvalue weighted by molar-refractivity contribution is -0.124. The van der Waals surface area contributed by atoms with Gasteiger partial charge >= 0.3 is 0 Å². The predicted molar refractivity (Wildman–Crippen MR) is 56.9 cm³/mol. The van der Waals surface area contributed by atoms with E-state index in [1.807, 2.05) is 13.8 Å². The van der Waals surface area contributed by atoms with E-state index in [0.717, 1.165) is 0 Å². The molecular weight excluding hydrogens is 234 g/mol. The Morgan fingerprint density at radius 1 is 1.46 bits per heavy atom. The van der Waals surface area contributed by atoms with Crippen LogP contribution in [0.15, 0.2) is 0 Å². The number of carbonyl (C=O) groups is 1. The van der Waals surface area contributed by atoms with E-state index in [1.54, 1.807) is 13.8 Å². The molecular formula is C9H18BrNO2. The molecule has 0 aromatic rings. The second kappa shape index (κ2) is 4.42. The average molecular weight is 252 g/mol. The van der Waals surface area contributed by atoms with E-state index in [1.165, 1.54) is 0 Å². The summed E-state index contributed by atoms with van der Waals surface area (Å²) in [5, 5.41) is 11.9. The summed E-state index contributed by atoms with van der Waals surface area (Å²) in [7, 11) is 0. The average Bonchev–Trinajstić information content (AvgIpc) is 2.02. The minimum absolute atomic E-state index is 0.0433. The van der Waals surface area contributed by atoms with Gasteiger partial charge in [0.2, 0.25) is 5.91 Å². The van der Waals surface area contributed by atoms with Crippen LogP contribution >= 0.6 is 15.9 Å². The molecule has 1 amide bonds. The fourth-order valence-corrected chi connectivity index (χ4v) is 0.762. The maximum absolute atomic E-state index is 11.5. The number of halogens is 1. The summed E-state index contributed by atoms with van der Waals surface area (Å²) in [6.45, 7) is 7.26. The molecule has 0 spiro atoms. The Labute approximate surface area is 88.0 Å². The molecule has 0 aliphatic rings. The Hall–Kier alpha value is -0.0900. The van der Waals surface area contributed by atoms with Gasteiger partial charge in [0.1, 0.15) is 0 Å². The molecule has 3 nitrogen and oxygen atoms in total. The third kappa shape index (κ3) is 4.09. The van der Waals surface area contributed by atoms with Gasteiger partial charge in [0.25, 0.3) is 0 Å². The van der Waals surface area contributed by atoms with Gasteiger partial charge in [0.05, 0.1) is 16.5 Å². The summed E-state index contributed by atoms with van der Waals surface area (Å²) in [5.74, 6) is -0.106. The second-order valence-electron chi connectivity index (χ2n) is 4.00. The van der Waals surface area contributed by atoms with Gasteiger partial charge in [0, 0.05) is 0 Å². The van der Waals surface area contributed by atoms with Crippen LogP contribution in [0.2, 0.25) is 0 Å². The van der Waals surface area contributed by atoms with Crippen LogP contribution in [0, 0.1) is 0 Å². The van der Waals surface area contributed by atoms with Crippen molar-refractivity contribution in [3.05, 3.63) is 0 Å². The SMILES string of the molecule is CCC(C)(CO)NC(=O)C(C)(C)Br. The fraction of sp³-hybridized carbons (Fsp3) is 0.889. The molecule has 0 aromatic heterocycles. The van der Waals surface area contributed by atoms with Crippen LogP contribution in [0.5, 0.6) is 0 Å². The van der Waals surface area contributed by atoms with Crippen LogP contribution < -0.4 is 5.32 Å². The molecule has 4 heteroatoms. The van der Waals surface area contributed by atoms with Gasteiger partial charge in [-0.25, -0.2) is 0 Å². The van der Waals surface area contributed by atoms with Crippen molar-refractivity contribution in [1.82, 2.24) is 5.32 Å². The van der Waals surface area contributed by atoms with Gasteiger partial charge in [-0.05, 0) is 27.2 Å². The molecule has 1 unspecified atom stereocenters. The molecule has 0 saturated carbocycles. The Kier molecular flexibility index (Phi) is 4.39. The number of alkyl halides is 1. The molecule has 0 fully saturated rings. The van der Waals surface area contributed by atoms with Crippen molar-refractivity contribution in [1.29, 1.82) is 0 Å². The maximum Gasteiger partial charge on any atom is 0.236 e. The Morgan fingerprint density at radius 3 is 2.15 bits per heavy atom. The van der Waals surface area contributed by atoms with Crippen molar-refractivity contribution >= 4 is 21.8 Å². The summed E-state index contributed by atoms with van der Waals surface area (Å²) < 4.78 is -0.585. The molecule has 0 aliphatic heterocycles. The first-order chi connectivity index (χ1) is 5.75. The maximum atomic E-state index is 11.5. The van der Waals surface area contributed by atoms with Gasteiger partial charge in [-0.15, -0.1) is 0 Å². The summed E-state index contributed by atoms with van der Waals surface area (Å²) in [4.78, 5) is 11.5. The quantitative estimate of drug-likeness (QED) is 0.744. The van der Waals surface area contributed by atoms with E-state index >= 15 is 0 Å². The number of aliphatic hydroxyl groups is 1. The fourth-order valence-electron chi connectivity index (χ4n) is 0.662. The smallest absolute Gasteiger partial charge is 0.236 e. The molecule has 0 rings (SSSR count). The highest BCUT2D eigenvalue weighted by atomic mass is 79.9. The van der Waals surface area contributed by atoms with Crippen LogP contribution in [0.25, 0.3) is 0 Å². The normalized spacial score (nSPS) is 16.5. The number of amides is 1. The highest BCUT2D eigenvalue weighted by Crippen LogP contribution is 2.18. The highest BCUT2D eigenvalue weighted by molar-refractivity contribution is 9.10. The van der Waals surface area contributed by atoms with E-state index in [2.05, 4.69) is 21.2 Å². The van der Waals surface area contributed by atoms with Crippen molar-refractivity contribution in [2.75, 3.05) is 6.61 Å². The number of nitrogens with one attached hydrogen (secondary N) is 1. The minimum atomic E-state index is -0.585. The van der Waals surface area contributed by atoms with Gasteiger partial charge in [-0.2, -0.15) is 0 Å². The molecule has 0 heterocycles. The van der Waals surface area contributed by atoms with Crippen molar-refractivity contribution in [2.24, 2.45) is 0 Å². The van der Waals surface area contributed by atoms with Gasteiger partial charge in [0.15, 0.2) is 0 Å². The predicted octanol–water partition coefficient (Wildman–Crippen LogP) is 1.44. The van der Waals surface area contributed by atoms with E-state index < -0.39 is 9.86 Å². The third-order valence-corrected chi connectivity index (χ3v) is 2.44. The number of rotatable bonds is 4. The van der Waals surface area contributed by atoms with Gasteiger partial charge in [-0.1, -0.05) is 22.9 Å². The number of aliphatic hydroxyl groups excluding tert-OH is 1. The largest absolute Gasteiger partial charge is 0.394 e. The lowest BCUT2D eigenvalue weighted by Gasteiger charge is -2.30. The van der Waals surface area contributed by atoms with Crippen molar-refractivity contribution in [2.45, 2.75) is 44.0 Å². The topological polar surface area (TPSA) is 49.3 Å². The second-order valence-corrected chi connectivity index (χ2v) is 5.98. The first-order valence-electron chi connectivity index (χ1n) is 4.37. The van der Waals surface area contributed by atoms with Crippen molar-refractivity contribution in [3.8, 4) is 0 Å². The van der Waals surface area contributed by atoms with Crippen LogP contribution in [0.3, 0.4) is 0 Å². The molecule has 0 bridgehead atoms. The monoisotopic (exact) mass is 251 g/mol. The van der Waals surface area contributed by atoms with Crippen LogP contribution in [-0.4, -0.2) is 27.5 Å². The van der Waals surface area contributed by atoms with E-state index in [0.29, 0.717) is 6.42 Å². The summed E-state index contributed by atoms with van der Waals surface area (Å²) >= 11 is 3.26. The summed E-state index contributed by atoms with van der Waals surface area (Å²) in [6, 6.07) is 0. The molecule has 2 N–H and O–H groups in total. The number of hydrogen-bond acceptors (Lipinski definition) is 2. The van der Waals surface area contributed by atoms with E-state index in [4.69, 9.17) is 5.11 Å². The number of carbonyl (C=O) groups excluding carboxylic acids is 1. The van der Waals surface area contributed by atoms with Gasteiger partial charge in [-0.3, -0.25) is 4.79 Å². The van der Waals surface area contributed by atoms with Gasteiger partial charge < -0.3 is 10.4 Å². The first kappa shape index (κ1) is 12.9. The zero-order valence-electron chi connectivity index (χ0n) is 8.65. The molecule has 0 aliphatic carbocycles. The van der Waals surface area contributed by atoms with E-state index in [9.17, 15) is 4.79 Å². The van der Waals surface area contributed by atoms with Crippen molar-refractivity contribution in [3.63, 3.8) is 0 Å². The Morgan fingerprint density at radius 2 is 1.92 bits per heavy atom. The zero-order chi connectivity index (χ0) is 10.7. The molecule has 0 saturated heterocycles. The Balaban J connectivity index is 4.35. The lowest BCUT2D eigenvalue weighted by atomic mass is 9.99. The van der Waals surface area contributed by atoms with Crippen LogP contribution in [-0.2, 0) is 4.79 Å². The molecule has 0 aromatic carbocycles. The third-order valence-electron chi connectivity index (χ3n) is 2.08. The van der Waals surface area contributed by atoms with Crippen molar-refractivity contribution < 1.29 is 9.90 Å². The van der Waals surface area contributed by atoms with Crippen LogP contribution in [0.4, 0.5) is 0 Å². The van der Waals surface area contributed by atoms with E-state index in [-0.39, 0.29) is 12.5 Å². The molecule has 0 radical (unpaired) electrons. The minimum Gasteiger partial charge on any atom is -0.394 e. The summed E-state index contributed by atoms with van der Waals surface area (Å²) in [5.41, 5.74) is -0.512. The Bertz CT molecular complexity index is 183. The molecule has 1 atom stereocenters. The summed E-state index contributed by atoms with van der Waals surface area (Å²) in [6.07, 6.45) is 0.707. The lowest BCUT2D eigenvalue weighted by Crippen LogP contribution is -2.53. The standard InChI is InChI=1S/C9H18BrNO2/c1-5-9(4,6-12)11-7(13)8(2,3)10/h12H,5-6H2,1-4H3,(H,11,13). The number of hydrogen-bond donors (Lipinski definition) is 2. The highest BCUT2D eigenvalue weighted by Gasteiger charge is 2.30. The first-order valence-corrected chi connectivity index (χ1v) is 5.17. The molecule has 13 heavy (non-hydrogen) atoms. The molecule has 78 valence electrons.